The third kappa shape index (κ3) is 3.07. The fourth-order valence-electron chi connectivity index (χ4n) is 2.71. The molecule has 104 valence electrons. The minimum absolute atomic E-state index is 0.282. The van der Waals surface area contributed by atoms with Crippen LogP contribution in [0.2, 0.25) is 0 Å². The molecule has 0 amide bonds. The number of carbonyl (C=O) groups is 1. The van der Waals surface area contributed by atoms with Crippen LogP contribution in [0.5, 0.6) is 0 Å². The highest BCUT2D eigenvalue weighted by Crippen LogP contribution is 2.24. The molecule has 0 radical (unpaired) electrons. The van der Waals surface area contributed by atoms with Gasteiger partial charge in [0.05, 0.1) is 12.7 Å². The molecule has 1 N–H and O–H groups in total. The Morgan fingerprint density at radius 2 is 2.16 bits per heavy atom. The van der Waals surface area contributed by atoms with E-state index >= 15 is 0 Å². The number of anilines is 1. The lowest BCUT2D eigenvalue weighted by Crippen LogP contribution is -2.42. The van der Waals surface area contributed by atoms with Crippen LogP contribution in [-0.4, -0.2) is 38.3 Å². The average Bonchev–Trinajstić information content (AvgIpc) is 2.59. The van der Waals surface area contributed by atoms with Crippen molar-refractivity contribution in [2.24, 2.45) is 0 Å². The summed E-state index contributed by atoms with van der Waals surface area (Å²) in [6.45, 7) is 6.44. The lowest BCUT2D eigenvalue weighted by Gasteiger charge is -2.34. The third-order valence-electron chi connectivity index (χ3n) is 3.69. The fraction of sp³-hybridized carbons (Fsp3) is 0.533. The van der Waals surface area contributed by atoms with Crippen LogP contribution in [0.3, 0.4) is 0 Å². The van der Waals surface area contributed by atoms with E-state index in [-0.39, 0.29) is 5.97 Å². The van der Waals surface area contributed by atoms with E-state index in [1.165, 1.54) is 7.11 Å². The number of nitrogens with one attached hydrogen (secondary N) is 1. The Kier molecular flexibility index (Phi) is 4.43. The van der Waals surface area contributed by atoms with Crippen molar-refractivity contribution in [3.05, 3.63) is 29.8 Å². The first-order valence-electron chi connectivity index (χ1n) is 6.81. The summed E-state index contributed by atoms with van der Waals surface area (Å²) < 4.78 is 4.79. The van der Waals surface area contributed by atoms with Crippen LogP contribution < -0.4 is 10.2 Å². The number of esters is 1. The highest BCUT2D eigenvalue weighted by atomic mass is 16.5. The molecule has 1 aliphatic rings. The van der Waals surface area contributed by atoms with E-state index < -0.39 is 0 Å². The molecule has 0 saturated carbocycles. The molecule has 1 fully saturated rings. The van der Waals surface area contributed by atoms with Crippen molar-refractivity contribution >= 4 is 11.7 Å². The second-order valence-corrected chi connectivity index (χ2v) is 5.14. The monoisotopic (exact) mass is 262 g/mol. The van der Waals surface area contributed by atoms with Crippen molar-refractivity contribution in [1.82, 2.24) is 5.32 Å². The summed E-state index contributed by atoms with van der Waals surface area (Å²) in [5.41, 5.74) is 1.70. The normalized spacial score (nSPS) is 23.8. The van der Waals surface area contributed by atoms with E-state index in [1.807, 2.05) is 12.1 Å². The Bertz CT molecular complexity index is 436. The van der Waals surface area contributed by atoms with Gasteiger partial charge in [0, 0.05) is 24.3 Å². The molecule has 1 aromatic carbocycles. The highest BCUT2D eigenvalue weighted by molar-refractivity contribution is 5.90. The van der Waals surface area contributed by atoms with Gasteiger partial charge in [-0.25, -0.2) is 4.79 Å². The van der Waals surface area contributed by atoms with Crippen LogP contribution in [0.1, 0.15) is 30.6 Å². The molecule has 2 atom stereocenters. The van der Waals surface area contributed by atoms with E-state index in [9.17, 15) is 4.79 Å². The molecule has 1 aromatic rings. The molecule has 0 aromatic heterocycles. The summed E-state index contributed by atoms with van der Waals surface area (Å²) in [6.07, 6.45) is 1.10. The van der Waals surface area contributed by atoms with Gasteiger partial charge in [0.15, 0.2) is 0 Å². The molecule has 1 aliphatic heterocycles. The lowest BCUT2D eigenvalue weighted by molar-refractivity contribution is 0.0600. The molecular weight excluding hydrogens is 240 g/mol. The molecule has 1 saturated heterocycles. The molecule has 4 nitrogen and oxygen atoms in total. The van der Waals surface area contributed by atoms with E-state index in [2.05, 4.69) is 30.1 Å². The Balaban J connectivity index is 2.30. The Labute approximate surface area is 114 Å². The predicted molar refractivity (Wildman–Crippen MR) is 76.7 cm³/mol. The van der Waals surface area contributed by atoms with Crippen LogP contribution in [-0.2, 0) is 4.74 Å². The minimum Gasteiger partial charge on any atom is -0.465 e. The molecule has 4 heteroatoms. The predicted octanol–water partition coefficient (Wildman–Crippen LogP) is 2.05. The number of carbonyl (C=O) groups excluding carboxylic acids is 1. The number of nitrogens with zero attached hydrogens (tertiary/aromatic N) is 1. The quantitative estimate of drug-likeness (QED) is 0.828. The maximum absolute atomic E-state index is 11.6. The van der Waals surface area contributed by atoms with E-state index in [0.717, 1.165) is 25.2 Å². The molecule has 1 heterocycles. The number of hydrogen-bond donors (Lipinski definition) is 1. The number of methoxy groups -OCH3 is 1. The first-order valence-corrected chi connectivity index (χ1v) is 6.81. The fourth-order valence-corrected chi connectivity index (χ4v) is 2.71. The minimum atomic E-state index is -0.282. The maximum atomic E-state index is 11.6. The summed E-state index contributed by atoms with van der Waals surface area (Å²) in [4.78, 5) is 14.0. The van der Waals surface area contributed by atoms with Gasteiger partial charge in [-0.05, 0) is 45.0 Å². The van der Waals surface area contributed by atoms with Crippen LogP contribution in [0.4, 0.5) is 5.69 Å². The van der Waals surface area contributed by atoms with Gasteiger partial charge in [-0.2, -0.15) is 0 Å². The van der Waals surface area contributed by atoms with Gasteiger partial charge in [-0.15, -0.1) is 0 Å². The van der Waals surface area contributed by atoms with Gasteiger partial charge in [-0.3, -0.25) is 0 Å². The van der Waals surface area contributed by atoms with Gasteiger partial charge in [0.2, 0.25) is 0 Å². The number of benzene rings is 1. The Hall–Kier alpha value is -1.55. The molecule has 0 aliphatic carbocycles. The smallest absolute Gasteiger partial charge is 0.337 e. The number of hydrogen-bond acceptors (Lipinski definition) is 4. The lowest BCUT2D eigenvalue weighted by atomic mass is 10.1. The summed E-state index contributed by atoms with van der Waals surface area (Å²) in [5.74, 6) is -0.282. The van der Waals surface area contributed by atoms with Crippen LogP contribution in [0, 0.1) is 0 Å². The summed E-state index contributed by atoms with van der Waals surface area (Å²) >= 11 is 0. The SMILES string of the molecule is COC(=O)c1cccc(N2C(C)CCNCC2C)c1. The molecule has 2 rings (SSSR count). The van der Waals surface area contributed by atoms with Gasteiger partial charge in [0.25, 0.3) is 0 Å². The van der Waals surface area contributed by atoms with Crippen molar-refractivity contribution in [3.63, 3.8) is 0 Å². The van der Waals surface area contributed by atoms with Crippen molar-refractivity contribution in [2.45, 2.75) is 32.4 Å². The Morgan fingerprint density at radius 3 is 2.89 bits per heavy atom. The van der Waals surface area contributed by atoms with Crippen LogP contribution in [0.15, 0.2) is 24.3 Å². The Morgan fingerprint density at radius 1 is 1.37 bits per heavy atom. The standard InChI is InChI=1S/C15H22N2O2/c1-11-7-8-16-10-12(2)17(11)14-6-4-5-13(9-14)15(18)19-3/h4-6,9,11-12,16H,7-8,10H2,1-3H3. The maximum Gasteiger partial charge on any atom is 0.337 e. The van der Waals surface area contributed by atoms with Gasteiger partial charge < -0.3 is 15.0 Å². The third-order valence-corrected chi connectivity index (χ3v) is 3.69. The van der Waals surface area contributed by atoms with Crippen molar-refractivity contribution in [3.8, 4) is 0 Å². The zero-order chi connectivity index (χ0) is 13.8. The first-order chi connectivity index (χ1) is 9.13. The largest absolute Gasteiger partial charge is 0.465 e. The number of ether oxygens (including phenoxy) is 1. The van der Waals surface area contributed by atoms with E-state index in [4.69, 9.17) is 4.74 Å². The number of rotatable bonds is 2. The summed E-state index contributed by atoms with van der Waals surface area (Å²) in [5, 5.41) is 3.44. The average molecular weight is 262 g/mol. The molecule has 2 unspecified atom stereocenters. The van der Waals surface area contributed by atoms with Gasteiger partial charge in [-0.1, -0.05) is 6.07 Å². The first kappa shape index (κ1) is 13.9. The van der Waals surface area contributed by atoms with Gasteiger partial charge in [0.1, 0.15) is 0 Å². The van der Waals surface area contributed by atoms with Crippen LogP contribution in [0.25, 0.3) is 0 Å². The molecular formula is C15H22N2O2. The topological polar surface area (TPSA) is 41.6 Å². The van der Waals surface area contributed by atoms with Crippen molar-refractivity contribution in [2.75, 3.05) is 25.1 Å². The zero-order valence-corrected chi connectivity index (χ0v) is 11.8. The summed E-state index contributed by atoms with van der Waals surface area (Å²) in [6, 6.07) is 8.55. The molecule has 0 spiro atoms. The second-order valence-electron chi connectivity index (χ2n) is 5.14. The van der Waals surface area contributed by atoms with Crippen molar-refractivity contribution < 1.29 is 9.53 Å². The molecule has 19 heavy (non-hydrogen) atoms. The van der Waals surface area contributed by atoms with E-state index in [1.54, 1.807) is 6.07 Å². The van der Waals surface area contributed by atoms with Crippen molar-refractivity contribution in [1.29, 1.82) is 0 Å². The zero-order valence-electron chi connectivity index (χ0n) is 11.8. The molecule has 0 bridgehead atoms. The van der Waals surface area contributed by atoms with Gasteiger partial charge >= 0.3 is 5.97 Å². The summed E-state index contributed by atoms with van der Waals surface area (Å²) in [7, 11) is 1.41. The van der Waals surface area contributed by atoms with Crippen LogP contribution >= 0.6 is 0 Å². The van der Waals surface area contributed by atoms with E-state index in [0.29, 0.717) is 17.6 Å². The second kappa shape index (κ2) is 6.06. The highest BCUT2D eigenvalue weighted by Gasteiger charge is 2.23.